The topological polar surface area (TPSA) is 12.9 Å². The molecular formula is C30H33N. The highest BCUT2D eigenvalue weighted by Gasteiger charge is 2.21. The van der Waals surface area contributed by atoms with E-state index in [2.05, 4.69) is 88.5 Å². The number of rotatable bonds is 4. The van der Waals surface area contributed by atoms with Gasteiger partial charge in [0.1, 0.15) is 0 Å². The second-order valence-electron chi connectivity index (χ2n) is 9.93. The molecule has 2 atom stereocenters. The molecular weight excluding hydrogens is 374 g/mol. The zero-order valence-corrected chi connectivity index (χ0v) is 19.3. The highest BCUT2D eigenvalue weighted by Crippen LogP contribution is 2.31. The summed E-state index contributed by atoms with van der Waals surface area (Å²) >= 11 is 0. The lowest BCUT2D eigenvalue weighted by molar-refractivity contribution is 0.646. The zero-order valence-electron chi connectivity index (χ0n) is 19.3. The highest BCUT2D eigenvalue weighted by molar-refractivity contribution is 5.52. The molecule has 0 N–H and O–H groups in total. The summed E-state index contributed by atoms with van der Waals surface area (Å²) < 4.78 is 0. The second-order valence-corrected chi connectivity index (χ2v) is 9.93. The lowest BCUT2D eigenvalue weighted by atomic mass is 9.79. The molecule has 2 aromatic carbocycles. The Hall–Kier alpha value is -2.67. The first-order valence-corrected chi connectivity index (χ1v) is 11.9. The van der Waals surface area contributed by atoms with E-state index in [4.69, 9.17) is 4.98 Å². The van der Waals surface area contributed by atoms with Crippen LogP contribution in [0.25, 0.3) is 12.2 Å². The molecule has 5 rings (SSSR count). The van der Waals surface area contributed by atoms with Gasteiger partial charge in [-0.15, -0.1) is 0 Å². The SMILES string of the molecule is Cc1ccc2c(c1)=CC(CCc1ccc(C(C)C)nc1)c1c3c(ccc1=2)=CC(C)CC3. The van der Waals surface area contributed by atoms with Crippen LogP contribution in [0.3, 0.4) is 0 Å². The summed E-state index contributed by atoms with van der Waals surface area (Å²) in [6.45, 7) is 8.95. The molecule has 1 heteroatoms. The third kappa shape index (κ3) is 3.87. The van der Waals surface area contributed by atoms with Crippen LogP contribution in [0.1, 0.15) is 73.4 Å². The summed E-state index contributed by atoms with van der Waals surface area (Å²) in [6.07, 6.45) is 11.8. The van der Waals surface area contributed by atoms with E-state index in [9.17, 15) is 0 Å². The molecule has 31 heavy (non-hydrogen) atoms. The number of hydrogen-bond acceptors (Lipinski definition) is 1. The Bertz CT molecular complexity index is 1330. The van der Waals surface area contributed by atoms with Gasteiger partial charge in [-0.25, -0.2) is 0 Å². The van der Waals surface area contributed by atoms with Crippen LogP contribution in [0.2, 0.25) is 0 Å². The summed E-state index contributed by atoms with van der Waals surface area (Å²) in [6, 6.07) is 16.2. The summed E-state index contributed by atoms with van der Waals surface area (Å²) in [5, 5.41) is 5.73. The monoisotopic (exact) mass is 407 g/mol. The van der Waals surface area contributed by atoms with Gasteiger partial charge in [0, 0.05) is 17.8 Å². The van der Waals surface area contributed by atoms with Crippen LogP contribution in [0, 0.1) is 23.3 Å². The fraction of sp³-hybridized carbons (Fsp3) is 0.367. The lowest BCUT2D eigenvalue weighted by Crippen LogP contribution is -2.24. The summed E-state index contributed by atoms with van der Waals surface area (Å²) in [4.78, 5) is 4.70. The molecule has 158 valence electrons. The van der Waals surface area contributed by atoms with Crippen LogP contribution in [0.5, 0.6) is 0 Å². The van der Waals surface area contributed by atoms with Gasteiger partial charge in [0.25, 0.3) is 0 Å². The first kappa shape index (κ1) is 20.2. The molecule has 0 radical (unpaired) electrons. The van der Waals surface area contributed by atoms with Crippen LogP contribution in [0.15, 0.2) is 48.7 Å². The van der Waals surface area contributed by atoms with Crippen molar-refractivity contribution in [2.75, 3.05) is 0 Å². The van der Waals surface area contributed by atoms with E-state index in [1.165, 1.54) is 50.5 Å². The highest BCUT2D eigenvalue weighted by atomic mass is 14.7. The first-order chi connectivity index (χ1) is 15.0. The molecule has 0 aliphatic heterocycles. The number of aryl methyl sites for hydroxylation is 2. The molecule has 1 nitrogen and oxygen atoms in total. The molecule has 0 saturated carbocycles. The number of fused-ring (bicyclic) bond motifs is 4. The summed E-state index contributed by atoms with van der Waals surface area (Å²) in [5.74, 6) is 1.63. The predicted molar refractivity (Wildman–Crippen MR) is 130 cm³/mol. The lowest BCUT2D eigenvalue weighted by Gasteiger charge is -2.25. The number of benzene rings is 2. The van der Waals surface area contributed by atoms with Gasteiger partial charge >= 0.3 is 0 Å². The Kier molecular flexibility index (Phi) is 5.30. The Morgan fingerprint density at radius 3 is 2.58 bits per heavy atom. The van der Waals surface area contributed by atoms with E-state index in [1.54, 1.807) is 11.1 Å². The van der Waals surface area contributed by atoms with E-state index in [0.717, 1.165) is 12.8 Å². The van der Waals surface area contributed by atoms with E-state index in [-0.39, 0.29) is 0 Å². The van der Waals surface area contributed by atoms with Crippen LogP contribution in [-0.2, 0) is 12.8 Å². The fourth-order valence-corrected chi connectivity index (χ4v) is 5.38. The predicted octanol–water partition coefficient (Wildman–Crippen LogP) is 5.67. The van der Waals surface area contributed by atoms with E-state index >= 15 is 0 Å². The van der Waals surface area contributed by atoms with Gasteiger partial charge in [0.2, 0.25) is 0 Å². The molecule has 2 unspecified atom stereocenters. The Labute approximate surface area is 185 Å². The van der Waals surface area contributed by atoms with Gasteiger partial charge < -0.3 is 0 Å². The Morgan fingerprint density at radius 1 is 0.968 bits per heavy atom. The molecule has 1 aromatic heterocycles. The largest absolute Gasteiger partial charge is 0.261 e. The van der Waals surface area contributed by atoms with Crippen molar-refractivity contribution in [2.45, 2.75) is 65.2 Å². The second kappa shape index (κ2) is 8.11. The van der Waals surface area contributed by atoms with Crippen molar-refractivity contribution < 1.29 is 0 Å². The fourth-order valence-electron chi connectivity index (χ4n) is 5.38. The number of pyridine rings is 1. The molecule has 3 aromatic rings. The van der Waals surface area contributed by atoms with Crippen LogP contribution < -0.4 is 10.4 Å². The van der Waals surface area contributed by atoms with Crippen molar-refractivity contribution in [2.24, 2.45) is 5.92 Å². The van der Waals surface area contributed by atoms with Crippen molar-refractivity contribution in [3.8, 4) is 0 Å². The summed E-state index contributed by atoms with van der Waals surface area (Å²) in [7, 11) is 0. The van der Waals surface area contributed by atoms with Gasteiger partial charge in [-0.05, 0) is 88.1 Å². The van der Waals surface area contributed by atoms with E-state index < -0.39 is 0 Å². The van der Waals surface area contributed by atoms with Crippen LogP contribution >= 0.6 is 0 Å². The van der Waals surface area contributed by atoms with Gasteiger partial charge in [-0.3, -0.25) is 4.98 Å². The summed E-state index contributed by atoms with van der Waals surface area (Å²) in [5.41, 5.74) is 7.05. The minimum absolute atomic E-state index is 0.464. The smallest absolute Gasteiger partial charge is 0.0429 e. The molecule has 0 fully saturated rings. The molecule has 0 bridgehead atoms. The van der Waals surface area contributed by atoms with Crippen LogP contribution in [-0.4, -0.2) is 4.98 Å². The standard InChI is InChI=1S/C30H33N/c1-19(2)29-14-8-22(18-31-29)7-9-24-17-25-16-21(4)5-11-26(25)28-13-10-23-15-20(3)6-12-27(23)30(24)28/h5,8,10-11,13-20,24H,6-7,9,12H2,1-4H3. The third-order valence-corrected chi connectivity index (χ3v) is 7.14. The average molecular weight is 408 g/mol. The maximum Gasteiger partial charge on any atom is 0.0429 e. The quantitative estimate of drug-likeness (QED) is 0.543. The number of nitrogens with zero attached hydrogens (tertiary/aromatic N) is 1. The van der Waals surface area contributed by atoms with Crippen molar-refractivity contribution in [3.63, 3.8) is 0 Å². The Balaban J connectivity index is 1.59. The average Bonchev–Trinajstić information content (AvgIpc) is 2.76. The maximum absolute atomic E-state index is 4.70. The van der Waals surface area contributed by atoms with Gasteiger partial charge in [0.15, 0.2) is 0 Å². The number of hydrogen-bond donors (Lipinski definition) is 0. The normalized spacial score (nSPS) is 19.1. The molecule has 2 aliphatic rings. The minimum atomic E-state index is 0.464. The van der Waals surface area contributed by atoms with Gasteiger partial charge in [-0.1, -0.05) is 74.9 Å². The third-order valence-electron chi connectivity index (χ3n) is 7.14. The number of aromatic nitrogens is 1. The Morgan fingerprint density at radius 2 is 1.81 bits per heavy atom. The van der Waals surface area contributed by atoms with Gasteiger partial charge in [-0.2, -0.15) is 0 Å². The van der Waals surface area contributed by atoms with Crippen molar-refractivity contribution >= 4 is 12.2 Å². The first-order valence-electron chi connectivity index (χ1n) is 11.9. The van der Waals surface area contributed by atoms with Crippen molar-refractivity contribution in [1.29, 1.82) is 0 Å². The van der Waals surface area contributed by atoms with Crippen molar-refractivity contribution in [1.82, 2.24) is 4.98 Å². The molecule has 2 aliphatic carbocycles. The van der Waals surface area contributed by atoms with E-state index in [1.807, 2.05) is 0 Å². The molecule has 1 heterocycles. The van der Waals surface area contributed by atoms with Crippen molar-refractivity contribution in [3.05, 3.63) is 97.5 Å². The molecule has 0 amide bonds. The van der Waals surface area contributed by atoms with E-state index in [0.29, 0.717) is 17.8 Å². The van der Waals surface area contributed by atoms with Crippen LogP contribution in [0.4, 0.5) is 0 Å². The minimum Gasteiger partial charge on any atom is -0.261 e. The maximum atomic E-state index is 4.70. The molecule has 0 spiro atoms. The molecule has 0 saturated heterocycles. The zero-order chi connectivity index (χ0) is 21.5. The van der Waals surface area contributed by atoms with Gasteiger partial charge in [0.05, 0.1) is 0 Å².